The summed E-state index contributed by atoms with van der Waals surface area (Å²) in [5.41, 5.74) is 0.375. The highest BCUT2D eigenvalue weighted by Gasteiger charge is 2.36. The van der Waals surface area contributed by atoms with Gasteiger partial charge in [-0.05, 0) is 56.3 Å². The van der Waals surface area contributed by atoms with Crippen molar-refractivity contribution in [3.63, 3.8) is 0 Å². The molecule has 1 saturated heterocycles. The SMILES string of the molecule is CCOC1CCN(CC2CC(C(C)(C)C)CCC2O)CC1. The molecule has 2 rings (SSSR count). The Balaban J connectivity index is 1.81. The molecule has 0 bridgehead atoms. The van der Waals surface area contributed by atoms with E-state index in [1.807, 2.05) is 0 Å². The lowest BCUT2D eigenvalue weighted by atomic mass is 9.68. The van der Waals surface area contributed by atoms with Crippen molar-refractivity contribution in [2.24, 2.45) is 17.3 Å². The van der Waals surface area contributed by atoms with E-state index >= 15 is 0 Å². The maximum absolute atomic E-state index is 10.4. The third kappa shape index (κ3) is 4.94. The molecule has 21 heavy (non-hydrogen) atoms. The molecule has 0 radical (unpaired) electrons. The molecule has 1 aliphatic carbocycles. The van der Waals surface area contributed by atoms with E-state index in [2.05, 4.69) is 32.6 Å². The van der Waals surface area contributed by atoms with Gasteiger partial charge in [0, 0.05) is 26.2 Å². The van der Waals surface area contributed by atoms with Crippen molar-refractivity contribution in [3.05, 3.63) is 0 Å². The molecule has 1 heterocycles. The van der Waals surface area contributed by atoms with Crippen LogP contribution in [0, 0.1) is 17.3 Å². The lowest BCUT2D eigenvalue weighted by Crippen LogP contribution is -2.44. The molecule has 0 amide bonds. The maximum Gasteiger partial charge on any atom is 0.0599 e. The highest BCUT2D eigenvalue weighted by atomic mass is 16.5. The molecule has 3 atom stereocenters. The number of hydrogen-bond donors (Lipinski definition) is 1. The summed E-state index contributed by atoms with van der Waals surface area (Å²) in [7, 11) is 0. The highest BCUT2D eigenvalue weighted by Crippen LogP contribution is 2.40. The van der Waals surface area contributed by atoms with E-state index in [1.165, 1.54) is 12.8 Å². The normalized spacial score (nSPS) is 33.3. The number of ether oxygens (including phenoxy) is 1. The number of piperidine rings is 1. The molecular weight excluding hydrogens is 262 g/mol. The van der Waals surface area contributed by atoms with E-state index in [4.69, 9.17) is 4.74 Å². The maximum atomic E-state index is 10.4. The summed E-state index contributed by atoms with van der Waals surface area (Å²) in [5, 5.41) is 10.4. The molecule has 1 saturated carbocycles. The van der Waals surface area contributed by atoms with Crippen LogP contribution in [0.3, 0.4) is 0 Å². The molecule has 3 nitrogen and oxygen atoms in total. The third-order valence-corrected chi connectivity index (χ3v) is 5.60. The Morgan fingerprint density at radius 1 is 1.10 bits per heavy atom. The van der Waals surface area contributed by atoms with Crippen molar-refractivity contribution in [2.75, 3.05) is 26.2 Å². The lowest BCUT2D eigenvalue weighted by molar-refractivity contribution is -0.0192. The predicted molar refractivity (Wildman–Crippen MR) is 87.4 cm³/mol. The number of aliphatic hydroxyl groups excluding tert-OH is 1. The summed E-state index contributed by atoms with van der Waals surface area (Å²) >= 11 is 0. The Bertz CT molecular complexity index is 305. The first-order valence-electron chi connectivity index (χ1n) is 8.92. The van der Waals surface area contributed by atoms with Gasteiger partial charge in [0.15, 0.2) is 0 Å². The van der Waals surface area contributed by atoms with Crippen LogP contribution in [0.5, 0.6) is 0 Å². The van der Waals surface area contributed by atoms with E-state index in [9.17, 15) is 5.11 Å². The number of aliphatic hydroxyl groups is 1. The average molecular weight is 297 g/mol. The minimum absolute atomic E-state index is 0.0896. The van der Waals surface area contributed by atoms with Crippen LogP contribution >= 0.6 is 0 Å². The zero-order valence-electron chi connectivity index (χ0n) is 14.5. The number of nitrogens with zero attached hydrogens (tertiary/aromatic N) is 1. The van der Waals surface area contributed by atoms with Crippen molar-refractivity contribution in [3.8, 4) is 0 Å². The molecule has 2 aliphatic rings. The summed E-state index contributed by atoms with van der Waals surface area (Å²) in [6, 6.07) is 0. The van der Waals surface area contributed by atoms with E-state index < -0.39 is 0 Å². The van der Waals surface area contributed by atoms with Gasteiger partial charge in [0.2, 0.25) is 0 Å². The Morgan fingerprint density at radius 2 is 1.76 bits per heavy atom. The zero-order chi connectivity index (χ0) is 15.5. The van der Waals surface area contributed by atoms with Gasteiger partial charge >= 0.3 is 0 Å². The second kappa shape index (κ2) is 7.43. The van der Waals surface area contributed by atoms with E-state index in [-0.39, 0.29) is 6.10 Å². The van der Waals surface area contributed by atoms with Crippen molar-refractivity contribution in [1.82, 2.24) is 4.90 Å². The van der Waals surface area contributed by atoms with E-state index in [0.29, 0.717) is 17.4 Å². The average Bonchev–Trinajstić information content (AvgIpc) is 2.42. The van der Waals surface area contributed by atoms with E-state index in [1.54, 1.807) is 0 Å². The highest BCUT2D eigenvalue weighted by molar-refractivity contribution is 4.87. The van der Waals surface area contributed by atoms with Crippen LogP contribution in [0.2, 0.25) is 0 Å². The summed E-state index contributed by atoms with van der Waals surface area (Å²) in [5.74, 6) is 1.22. The van der Waals surface area contributed by atoms with Crippen molar-refractivity contribution in [1.29, 1.82) is 0 Å². The molecule has 124 valence electrons. The number of likely N-dealkylation sites (tertiary alicyclic amines) is 1. The molecule has 0 aromatic rings. The Kier molecular flexibility index (Phi) is 6.10. The van der Waals surface area contributed by atoms with Crippen molar-refractivity contribution in [2.45, 2.75) is 72.0 Å². The first-order chi connectivity index (χ1) is 9.90. The van der Waals surface area contributed by atoms with Gasteiger partial charge < -0.3 is 14.7 Å². The number of hydrogen-bond acceptors (Lipinski definition) is 3. The molecule has 2 fully saturated rings. The topological polar surface area (TPSA) is 32.7 Å². The molecule has 0 spiro atoms. The van der Waals surface area contributed by atoms with Crippen LogP contribution in [0.4, 0.5) is 0 Å². The fraction of sp³-hybridized carbons (Fsp3) is 1.00. The molecule has 1 N–H and O–H groups in total. The third-order valence-electron chi connectivity index (χ3n) is 5.60. The molecular formula is C18H35NO2. The van der Waals surface area contributed by atoms with Crippen LogP contribution in [-0.4, -0.2) is 48.5 Å². The van der Waals surface area contributed by atoms with Crippen LogP contribution in [-0.2, 0) is 4.74 Å². The van der Waals surface area contributed by atoms with Gasteiger partial charge in [-0.2, -0.15) is 0 Å². The second-order valence-electron chi connectivity index (χ2n) is 8.16. The smallest absolute Gasteiger partial charge is 0.0599 e. The van der Waals surface area contributed by atoms with Crippen molar-refractivity contribution >= 4 is 0 Å². The van der Waals surface area contributed by atoms with Crippen LogP contribution in [0.25, 0.3) is 0 Å². The van der Waals surface area contributed by atoms with Crippen LogP contribution < -0.4 is 0 Å². The summed E-state index contributed by atoms with van der Waals surface area (Å²) < 4.78 is 5.73. The van der Waals surface area contributed by atoms with Crippen LogP contribution in [0.15, 0.2) is 0 Å². The molecule has 3 unspecified atom stereocenters. The first-order valence-corrected chi connectivity index (χ1v) is 8.92. The van der Waals surface area contributed by atoms with Gasteiger partial charge in [-0.1, -0.05) is 20.8 Å². The quantitative estimate of drug-likeness (QED) is 0.864. The minimum Gasteiger partial charge on any atom is -0.393 e. The summed E-state index contributed by atoms with van der Waals surface area (Å²) in [4.78, 5) is 2.55. The van der Waals surface area contributed by atoms with Gasteiger partial charge in [0.1, 0.15) is 0 Å². The largest absolute Gasteiger partial charge is 0.393 e. The van der Waals surface area contributed by atoms with Crippen molar-refractivity contribution < 1.29 is 9.84 Å². The van der Waals surface area contributed by atoms with Gasteiger partial charge in [-0.3, -0.25) is 0 Å². The zero-order valence-corrected chi connectivity index (χ0v) is 14.5. The molecule has 0 aromatic carbocycles. The monoisotopic (exact) mass is 297 g/mol. The van der Waals surface area contributed by atoms with Crippen LogP contribution in [0.1, 0.15) is 59.8 Å². The fourth-order valence-corrected chi connectivity index (χ4v) is 4.06. The standard InChI is InChI=1S/C18H35NO2/c1-5-21-16-8-10-19(11-9-16)13-14-12-15(18(2,3)4)6-7-17(14)20/h14-17,20H,5-13H2,1-4H3. The van der Waals surface area contributed by atoms with Gasteiger partial charge in [0.05, 0.1) is 12.2 Å². The summed E-state index contributed by atoms with van der Waals surface area (Å²) in [6.45, 7) is 13.3. The Morgan fingerprint density at radius 3 is 2.33 bits per heavy atom. The molecule has 1 aliphatic heterocycles. The van der Waals surface area contributed by atoms with Gasteiger partial charge in [-0.25, -0.2) is 0 Å². The number of rotatable bonds is 4. The molecule has 0 aromatic heterocycles. The Labute approximate surface area is 131 Å². The molecule has 3 heteroatoms. The van der Waals surface area contributed by atoms with Gasteiger partial charge in [-0.15, -0.1) is 0 Å². The van der Waals surface area contributed by atoms with Gasteiger partial charge in [0.25, 0.3) is 0 Å². The first kappa shape index (κ1) is 17.2. The second-order valence-corrected chi connectivity index (χ2v) is 8.16. The lowest BCUT2D eigenvalue weighted by Gasteiger charge is -2.42. The minimum atomic E-state index is -0.0896. The predicted octanol–water partition coefficient (Wildman–Crippen LogP) is 3.31. The van der Waals surface area contributed by atoms with E-state index in [0.717, 1.165) is 51.4 Å². The summed E-state index contributed by atoms with van der Waals surface area (Å²) in [6.07, 6.45) is 6.04. The fourth-order valence-electron chi connectivity index (χ4n) is 4.06. The Hall–Kier alpha value is -0.120.